The molecule has 1 fully saturated rings. The molecule has 1 N–H and O–H groups in total. The van der Waals surface area contributed by atoms with Crippen LogP contribution in [0.4, 0.5) is 5.82 Å². The molecule has 5 rings (SSSR count). The number of carbonyl (C=O) groups excluding carboxylic acids is 1. The van der Waals surface area contributed by atoms with Crippen molar-refractivity contribution >= 4 is 17.4 Å². The lowest BCUT2D eigenvalue weighted by molar-refractivity contribution is 0.102. The quantitative estimate of drug-likeness (QED) is 0.541. The Morgan fingerprint density at radius 1 is 1.16 bits per heavy atom. The summed E-state index contributed by atoms with van der Waals surface area (Å²) < 4.78 is 1.94. The van der Waals surface area contributed by atoms with Crippen LogP contribution in [0.2, 0.25) is 0 Å². The molecule has 156 valence electrons. The minimum Gasteiger partial charge on any atom is -0.307 e. The first-order chi connectivity index (χ1) is 15.2. The molecule has 1 aliphatic heterocycles. The number of aromatic nitrogens is 5. The number of amides is 1. The fraction of sp³-hybridized carbons (Fsp3) is 0.261. The van der Waals surface area contributed by atoms with Crippen molar-refractivity contribution in [3.63, 3.8) is 0 Å². The molecule has 8 heteroatoms. The Kier molecular flexibility index (Phi) is 5.13. The van der Waals surface area contributed by atoms with Gasteiger partial charge in [-0.05, 0) is 55.3 Å². The molecule has 1 amide bonds. The Bertz CT molecular complexity index is 1200. The van der Waals surface area contributed by atoms with Gasteiger partial charge in [-0.25, -0.2) is 4.98 Å². The number of nitrogens with one attached hydrogen (secondary N) is 1. The number of anilines is 1. The maximum Gasteiger partial charge on any atom is 0.258 e. The van der Waals surface area contributed by atoms with Gasteiger partial charge in [0.05, 0.1) is 5.56 Å². The Labute approximate surface area is 180 Å². The van der Waals surface area contributed by atoms with Crippen molar-refractivity contribution in [1.29, 1.82) is 0 Å². The van der Waals surface area contributed by atoms with Crippen molar-refractivity contribution in [2.45, 2.75) is 25.8 Å². The Morgan fingerprint density at radius 2 is 2.10 bits per heavy atom. The summed E-state index contributed by atoms with van der Waals surface area (Å²) in [5.74, 6) is 1.49. The Balaban J connectivity index is 1.33. The van der Waals surface area contributed by atoms with Gasteiger partial charge in [0, 0.05) is 43.8 Å². The summed E-state index contributed by atoms with van der Waals surface area (Å²) in [6.07, 6.45) is 8.26. The highest BCUT2D eigenvalue weighted by Crippen LogP contribution is 2.27. The number of nitrogens with zero attached hydrogens (tertiary/aromatic N) is 6. The summed E-state index contributed by atoms with van der Waals surface area (Å²) in [7, 11) is 0. The van der Waals surface area contributed by atoms with E-state index in [1.165, 1.54) is 5.56 Å². The zero-order chi connectivity index (χ0) is 21.2. The van der Waals surface area contributed by atoms with Crippen LogP contribution < -0.4 is 5.32 Å². The van der Waals surface area contributed by atoms with Crippen LogP contribution in [-0.4, -0.2) is 48.5 Å². The van der Waals surface area contributed by atoms with E-state index in [0.717, 1.165) is 43.1 Å². The zero-order valence-corrected chi connectivity index (χ0v) is 17.3. The molecule has 5 heterocycles. The van der Waals surface area contributed by atoms with Gasteiger partial charge >= 0.3 is 0 Å². The molecule has 31 heavy (non-hydrogen) atoms. The lowest BCUT2D eigenvalue weighted by Gasteiger charge is -2.15. The first-order valence-electron chi connectivity index (χ1n) is 10.4. The molecule has 1 unspecified atom stereocenters. The number of hydrogen-bond acceptors (Lipinski definition) is 6. The molecule has 0 saturated carbocycles. The first kappa shape index (κ1) is 19.3. The van der Waals surface area contributed by atoms with Gasteiger partial charge in [-0.2, -0.15) is 0 Å². The second kappa shape index (κ2) is 8.23. The van der Waals surface area contributed by atoms with Gasteiger partial charge in [0.1, 0.15) is 11.6 Å². The van der Waals surface area contributed by atoms with Gasteiger partial charge in [0.25, 0.3) is 5.91 Å². The fourth-order valence-electron chi connectivity index (χ4n) is 3.99. The highest BCUT2D eigenvalue weighted by atomic mass is 16.1. The standard InChI is InChI=1S/C23H23N7O/c1-16-4-6-20(25-11-16)26-23(31)19-5-7-21-27-28-22(30(21)15-19)18-8-10-29(14-18)13-17-3-2-9-24-12-17/h2-7,9,11-12,15,18H,8,10,13-14H2,1H3,(H,25,26,31). The van der Waals surface area contributed by atoms with Crippen LogP contribution in [0.15, 0.2) is 61.2 Å². The molecular weight excluding hydrogens is 390 g/mol. The van der Waals surface area contributed by atoms with Crippen LogP contribution in [0, 0.1) is 6.92 Å². The summed E-state index contributed by atoms with van der Waals surface area (Å²) in [6, 6.07) is 11.4. The van der Waals surface area contributed by atoms with E-state index in [2.05, 4.69) is 36.4 Å². The van der Waals surface area contributed by atoms with Crippen LogP contribution in [0.3, 0.4) is 0 Å². The third-order valence-corrected chi connectivity index (χ3v) is 5.61. The maximum absolute atomic E-state index is 12.7. The van der Waals surface area contributed by atoms with E-state index < -0.39 is 0 Å². The van der Waals surface area contributed by atoms with E-state index in [4.69, 9.17) is 0 Å². The third-order valence-electron chi connectivity index (χ3n) is 5.61. The van der Waals surface area contributed by atoms with Crippen molar-refractivity contribution < 1.29 is 4.79 Å². The van der Waals surface area contributed by atoms with E-state index in [1.807, 2.05) is 41.9 Å². The van der Waals surface area contributed by atoms with E-state index in [-0.39, 0.29) is 11.8 Å². The van der Waals surface area contributed by atoms with Gasteiger partial charge in [-0.3, -0.25) is 19.1 Å². The molecule has 4 aromatic heterocycles. The van der Waals surface area contributed by atoms with Crippen molar-refractivity contribution in [2.75, 3.05) is 18.4 Å². The highest BCUT2D eigenvalue weighted by Gasteiger charge is 2.28. The summed E-state index contributed by atoms with van der Waals surface area (Å²) >= 11 is 0. The smallest absolute Gasteiger partial charge is 0.258 e. The number of hydrogen-bond donors (Lipinski definition) is 1. The summed E-state index contributed by atoms with van der Waals surface area (Å²) in [5, 5.41) is 11.6. The third kappa shape index (κ3) is 4.15. The summed E-state index contributed by atoms with van der Waals surface area (Å²) in [5.41, 5.74) is 3.53. The first-order valence-corrected chi connectivity index (χ1v) is 10.4. The van der Waals surface area contributed by atoms with Crippen LogP contribution >= 0.6 is 0 Å². The molecule has 0 bridgehead atoms. The SMILES string of the molecule is Cc1ccc(NC(=O)c2ccc3nnc(C4CCN(Cc5cccnc5)C4)n3c2)nc1. The van der Waals surface area contributed by atoms with Crippen molar-refractivity contribution in [2.24, 2.45) is 0 Å². The highest BCUT2D eigenvalue weighted by molar-refractivity contribution is 6.03. The molecule has 0 aromatic carbocycles. The molecular formula is C23H23N7O. The van der Waals surface area contributed by atoms with E-state index in [0.29, 0.717) is 11.4 Å². The maximum atomic E-state index is 12.7. The van der Waals surface area contributed by atoms with Gasteiger partial charge in [0.15, 0.2) is 5.65 Å². The molecule has 1 atom stereocenters. The van der Waals surface area contributed by atoms with Gasteiger partial charge < -0.3 is 5.32 Å². The lowest BCUT2D eigenvalue weighted by Crippen LogP contribution is -2.20. The Morgan fingerprint density at radius 3 is 2.90 bits per heavy atom. The predicted octanol–water partition coefficient (Wildman–Crippen LogP) is 3.07. The lowest BCUT2D eigenvalue weighted by atomic mass is 10.1. The van der Waals surface area contributed by atoms with E-state index >= 15 is 0 Å². The van der Waals surface area contributed by atoms with E-state index in [1.54, 1.807) is 24.5 Å². The number of rotatable bonds is 5. The second-order valence-corrected chi connectivity index (χ2v) is 7.96. The van der Waals surface area contributed by atoms with Gasteiger partial charge in [0.2, 0.25) is 0 Å². The molecule has 0 radical (unpaired) electrons. The van der Waals surface area contributed by atoms with Crippen molar-refractivity contribution in [1.82, 2.24) is 29.5 Å². The van der Waals surface area contributed by atoms with Gasteiger partial charge in [-0.1, -0.05) is 12.1 Å². The fourth-order valence-corrected chi connectivity index (χ4v) is 3.99. The largest absolute Gasteiger partial charge is 0.307 e. The minimum atomic E-state index is -0.206. The second-order valence-electron chi connectivity index (χ2n) is 7.96. The van der Waals surface area contributed by atoms with Crippen LogP contribution in [0.5, 0.6) is 0 Å². The van der Waals surface area contributed by atoms with Crippen LogP contribution in [-0.2, 0) is 6.54 Å². The molecule has 1 saturated heterocycles. The minimum absolute atomic E-state index is 0.206. The normalized spacial score (nSPS) is 16.6. The summed E-state index contributed by atoms with van der Waals surface area (Å²) in [4.78, 5) is 23.6. The zero-order valence-electron chi connectivity index (χ0n) is 17.3. The van der Waals surface area contributed by atoms with Crippen molar-refractivity contribution in [3.8, 4) is 0 Å². The molecule has 0 spiro atoms. The average molecular weight is 413 g/mol. The summed E-state index contributed by atoms with van der Waals surface area (Å²) in [6.45, 7) is 4.73. The topological polar surface area (TPSA) is 88.3 Å². The number of carbonyl (C=O) groups is 1. The molecule has 8 nitrogen and oxygen atoms in total. The van der Waals surface area contributed by atoms with Crippen LogP contribution in [0.1, 0.15) is 39.6 Å². The number of aryl methyl sites for hydroxylation is 1. The molecule has 4 aromatic rings. The van der Waals surface area contributed by atoms with Gasteiger partial charge in [-0.15, -0.1) is 10.2 Å². The number of likely N-dealkylation sites (tertiary alicyclic amines) is 1. The van der Waals surface area contributed by atoms with Crippen molar-refractivity contribution in [3.05, 3.63) is 83.7 Å². The van der Waals surface area contributed by atoms with Crippen LogP contribution in [0.25, 0.3) is 5.65 Å². The average Bonchev–Trinajstić information content (AvgIpc) is 3.42. The van der Waals surface area contributed by atoms with E-state index in [9.17, 15) is 4.79 Å². The monoisotopic (exact) mass is 413 g/mol. The molecule has 0 aliphatic carbocycles. The Hall–Kier alpha value is -3.65. The molecule has 1 aliphatic rings. The number of fused-ring (bicyclic) bond motifs is 1. The number of pyridine rings is 3. The predicted molar refractivity (Wildman–Crippen MR) is 117 cm³/mol.